The first-order valence-corrected chi connectivity index (χ1v) is 5.42. The highest BCUT2D eigenvalue weighted by Gasteiger charge is 2.09. The third-order valence-corrected chi connectivity index (χ3v) is 2.03. The summed E-state index contributed by atoms with van der Waals surface area (Å²) in [5.41, 5.74) is 0.327. The number of rotatable bonds is 4. The third-order valence-electron chi connectivity index (χ3n) is 1.75. The Morgan fingerprint density at radius 2 is 2.19 bits per heavy atom. The second kappa shape index (κ2) is 5.60. The van der Waals surface area contributed by atoms with E-state index in [4.69, 9.17) is 0 Å². The molecule has 0 aliphatic carbocycles. The lowest BCUT2D eigenvalue weighted by Gasteiger charge is -2.09. The number of carbonyl (C=O) groups is 1. The molecule has 0 bridgehead atoms. The van der Waals surface area contributed by atoms with Gasteiger partial charge in [-0.05, 0) is 12.1 Å². The molecule has 0 saturated heterocycles. The number of nitrogens with one attached hydrogen (secondary N) is 1. The summed E-state index contributed by atoms with van der Waals surface area (Å²) in [6, 6.07) is 3.34. The third kappa shape index (κ3) is 3.62. The van der Waals surface area contributed by atoms with Crippen molar-refractivity contribution < 1.29 is 4.79 Å². The van der Waals surface area contributed by atoms with Crippen molar-refractivity contribution in [2.75, 3.05) is 26.0 Å². The van der Waals surface area contributed by atoms with Gasteiger partial charge in [0.05, 0.1) is 0 Å². The molecule has 1 amide bonds. The van der Waals surface area contributed by atoms with Gasteiger partial charge in [-0.1, -0.05) is 22.5 Å². The van der Waals surface area contributed by atoms with Crippen LogP contribution in [0.25, 0.3) is 0 Å². The molecule has 0 atom stereocenters. The Bertz CT molecular complexity index is 388. The van der Waals surface area contributed by atoms with E-state index >= 15 is 0 Å². The van der Waals surface area contributed by atoms with Crippen LogP contribution in [-0.2, 0) is 0 Å². The van der Waals surface area contributed by atoms with Crippen LogP contribution in [0.2, 0.25) is 0 Å². The maximum Gasteiger partial charge on any atom is 0.273 e. The van der Waals surface area contributed by atoms with Gasteiger partial charge in [0.15, 0.2) is 5.69 Å². The topological polar surface area (TPSA) is 58.1 Å². The lowest BCUT2D eigenvalue weighted by molar-refractivity contribution is 0.0821. The quantitative estimate of drug-likeness (QED) is 0.910. The molecule has 0 fully saturated rings. The van der Waals surface area contributed by atoms with E-state index < -0.39 is 0 Å². The predicted molar refractivity (Wildman–Crippen MR) is 66.6 cm³/mol. The van der Waals surface area contributed by atoms with Crippen LogP contribution in [0.1, 0.15) is 10.5 Å². The molecule has 0 aliphatic heterocycles. The maximum atomic E-state index is 11.5. The van der Waals surface area contributed by atoms with Crippen LogP contribution >= 0.6 is 15.9 Å². The van der Waals surface area contributed by atoms with E-state index in [0.717, 1.165) is 4.48 Å². The molecular formula is C10H13BrN4O. The van der Waals surface area contributed by atoms with Crippen molar-refractivity contribution in [3.63, 3.8) is 0 Å². The fourth-order valence-electron chi connectivity index (χ4n) is 0.956. The van der Waals surface area contributed by atoms with E-state index in [9.17, 15) is 4.79 Å². The molecule has 0 spiro atoms. The molecule has 6 heteroatoms. The highest BCUT2D eigenvalue weighted by atomic mass is 79.9. The largest absolute Gasteiger partial charge is 0.364 e. The van der Waals surface area contributed by atoms with Crippen molar-refractivity contribution in [2.45, 2.75) is 0 Å². The van der Waals surface area contributed by atoms with Gasteiger partial charge in [0.1, 0.15) is 5.82 Å². The molecule has 1 rings (SSSR count). The fourth-order valence-corrected chi connectivity index (χ4v) is 1.10. The Kier molecular flexibility index (Phi) is 4.42. The van der Waals surface area contributed by atoms with Crippen LogP contribution in [0.3, 0.4) is 0 Å². The summed E-state index contributed by atoms with van der Waals surface area (Å²) in [5, 5.41) is 10.7. The number of amides is 1. The van der Waals surface area contributed by atoms with Crippen LogP contribution in [0.5, 0.6) is 0 Å². The first kappa shape index (κ1) is 12.6. The molecule has 0 radical (unpaired) electrons. The van der Waals surface area contributed by atoms with Gasteiger partial charge in [0, 0.05) is 25.1 Å². The van der Waals surface area contributed by atoms with Gasteiger partial charge in [-0.15, -0.1) is 10.2 Å². The van der Waals surface area contributed by atoms with Crippen molar-refractivity contribution in [3.8, 4) is 0 Å². The standard InChI is InChI=1S/C10H13BrN4O/c1-7(11)6-12-9-5-4-8(13-14-9)10(16)15(2)3/h4-5H,1,6H2,2-3H3,(H,12,14). The lowest BCUT2D eigenvalue weighted by Crippen LogP contribution is -2.23. The van der Waals surface area contributed by atoms with E-state index in [1.54, 1.807) is 26.2 Å². The fraction of sp³-hybridized carbons (Fsp3) is 0.300. The Morgan fingerprint density at radius 1 is 1.50 bits per heavy atom. The Morgan fingerprint density at radius 3 is 2.62 bits per heavy atom. The normalized spacial score (nSPS) is 9.69. The minimum Gasteiger partial charge on any atom is -0.364 e. The number of hydrogen-bond donors (Lipinski definition) is 1. The van der Waals surface area contributed by atoms with Gasteiger partial charge in [-0.2, -0.15) is 0 Å². The summed E-state index contributed by atoms with van der Waals surface area (Å²) in [6.07, 6.45) is 0. The van der Waals surface area contributed by atoms with E-state index in [0.29, 0.717) is 18.1 Å². The molecular weight excluding hydrogens is 272 g/mol. The van der Waals surface area contributed by atoms with Gasteiger partial charge in [0.25, 0.3) is 5.91 Å². The van der Waals surface area contributed by atoms with E-state index in [1.165, 1.54) is 4.90 Å². The maximum absolute atomic E-state index is 11.5. The number of hydrogen-bond acceptors (Lipinski definition) is 4. The Labute approximate surface area is 103 Å². The molecule has 0 aliphatic rings. The van der Waals surface area contributed by atoms with Crippen molar-refractivity contribution in [1.29, 1.82) is 0 Å². The molecule has 1 aromatic rings. The van der Waals surface area contributed by atoms with Gasteiger partial charge in [-0.3, -0.25) is 4.79 Å². The summed E-state index contributed by atoms with van der Waals surface area (Å²) < 4.78 is 0.822. The number of anilines is 1. The summed E-state index contributed by atoms with van der Waals surface area (Å²) in [4.78, 5) is 13.0. The van der Waals surface area contributed by atoms with Crippen LogP contribution < -0.4 is 5.32 Å². The molecule has 1 aromatic heterocycles. The SMILES string of the molecule is C=C(Br)CNc1ccc(C(=O)N(C)C)nn1. The molecule has 0 saturated carbocycles. The monoisotopic (exact) mass is 284 g/mol. The first-order valence-electron chi connectivity index (χ1n) is 4.63. The van der Waals surface area contributed by atoms with Crippen LogP contribution in [-0.4, -0.2) is 41.6 Å². The van der Waals surface area contributed by atoms with E-state index in [-0.39, 0.29) is 5.91 Å². The van der Waals surface area contributed by atoms with Crippen molar-refractivity contribution in [1.82, 2.24) is 15.1 Å². The zero-order chi connectivity index (χ0) is 12.1. The lowest BCUT2D eigenvalue weighted by atomic mass is 10.3. The number of nitrogens with zero attached hydrogens (tertiary/aromatic N) is 3. The summed E-state index contributed by atoms with van der Waals surface area (Å²) in [5.74, 6) is 0.444. The second-order valence-corrected chi connectivity index (χ2v) is 4.50. The molecule has 86 valence electrons. The highest BCUT2D eigenvalue weighted by Crippen LogP contribution is 2.06. The van der Waals surface area contributed by atoms with Crippen molar-refractivity contribution >= 4 is 27.7 Å². The number of halogens is 1. The van der Waals surface area contributed by atoms with E-state index in [1.807, 2.05) is 0 Å². The number of aromatic nitrogens is 2. The zero-order valence-electron chi connectivity index (χ0n) is 9.20. The van der Waals surface area contributed by atoms with Crippen LogP contribution in [0, 0.1) is 0 Å². The second-order valence-electron chi connectivity index (χ2n) is 3.37. The molecule has 1 heterocycles. The first-order chi connectivity index (χ1) is 7.50. The van der Waals surface area contributed by atoms with Crippen LogP contribution in [0.15, 0.2) is 23.2 Å². The minimum absolute atomic E-state index is 0.163. The van der Waals surface area contributed by atoms with Crippen molar-refractivity contribution in [2.24, 2.45) is 0 Å². The van der Waals surface area contributed by atoms with Gasteiger partial charge >= 0.3 is 0 Å². The van der Waals surface area contributed by atoms with Gasteiger partial charge < -0.3 is 10.2 Å². The molecule has 16 heavy (non-hydrogen) atoms. The summed E-state index contributed by atoms with van der Waals surface area (Å²) in [6.45, 7) is 4.25. The minimum atomic E-state index is -0.163. The summed E-state index contributed by atoms with van der Waals surface area (Å²) in [7, 11) is 3.34. The number of carbonyl (C=O) groups excluding carboxylic acids is 1. The van der Waals surface area contributed by atoms with Gasteiger partial charge in [0.2, 0.25) is 0 Å². The highest BCUT2D eigenvalue weighted by molar-refractivity contribution is 9.11. The van der Waals surface area contributed by atoms with Crippen molar-refractivity contribution in [3.05, 3.63) is 28.9 Å². The average Bonchev–Trinajstić information content (AvgIpc) is 2.26. The molecule has 5 nitrogen and oxygen atoms in total. The van der Waals surface area contributed by atoms with Crippen LogP contribution in [0.4, 0.5) is 5.82 Å². The Balaban J connectivity index is 2.68. The smallest absolute Gasteiger partial charge is 0.273 e. The molecule has 0 aromatic carbocycles. The predicted octanol–water partition coefficient (Wildman–Crippen LogP) is 1.50. The van der Waals surface area contributed by atoms with E-state index in [2.05, 4.69) is 38.0 Å². The average molecular weight is 285 g/mol. The molecule has 1 N–H and O–H groups in total. The molecule has 0 unspecified atom stereocenters. The Hall–Kier alpha value is -1.43. The summed E-state index contributed by atoms with van der Waals surface area (Å²) >= 11 is 3.22. The van der Waals surface area contributed by atoms with Gasteiger partial charge in [-0.25, -0.2) is 0 Å². The zero-order valence-corrected chi connectivity index (χ0v) is 10.8.